The molecule has 0 aromatic carbocycles. The van der Waals surface area contributed by atoms with E-state index in [2.05, 4.69) is 37.7 Å². The van der Waals surface area contributed by atoms with Crippen LogP contribution in [0.5, 0.6) is 0 Å². The molecule has 1 aromatic heterocycles. The highest BCUT2D eigenvalue weighted by molar-refractivity contribution is 6.30. The van der Waals surface area contributed by atoms with Crippen LogP contribution in [0.4, 0.5) is 0 Å². The van der Waals surface area contributed by atoms with Crippen molar-refractivity contribution >= 4 is 11.6 Å². The van der Waals surface area contributed by atoms with Crippen LogP contribution in [-0.4, -0.2) is 23.5 Å². The van der Waals surface area contributed by atoms with Gasteiger partial charge >= 0.3 is 0 Å². The quantitative estimate of drug-likeness (QED) is 0.736. The van der Waals surface area contributed by atoms with E-state index in [9.17, 15) is 0 Å². The largest absolute Gasteiger partial charge is 0.301 e. The van der Waals surface area contributed by atoms with Crippen molar-refractivity contribution in [3.8, 4) is 0 Å². The molecule has 0 atom stereocenters. The molecule has 0 spiro atoms. The Hall–Kier alpha value is -0.600. The Morgan fingerprint density at radius 1 is 1.40 bits per heavy atom. The molecular weight excluding hydrogens is 208 g/mol. The fraction of sp³-hybridized carbons (Fsp3) is 0.583. The van der Waals surface area contributed by atoms with Gasteiger partial charge in [-0.1, -0.05) is 38.4 Å². The highest BCUT2D eigenvalue weighted by Gasteiger charge is 2.14. The Morgan fingerprint density at radius 3 is 2.60 bits per heavy atom. The first-order chi connectivity index (χ1) is 6.88. The summed E-state index contributed by atoms with van der Waals surface area (Å²) in [5, 5.41) is 0.609. The summed E-state index contributed by atoms with van der Waals surface area (Å²) in [7, 11) is 2.11. The number of aromatic nitrogens is 1. The van der Waals surface area contributed by atoms with Crippen LogP contribution in [0.2, 0.25) is 5.15 Å². The molecule has 2 nitrogen and oxygen atoms in total. The Balaban J connectivity index is 2.59. The van der Waals surface area contributed by atoms with Crippen LogP contribution in [-0.2, 0) is 6.54 Å². The zero-order valence-electron chi connectivity index (χ0n) is 9.92. The van der Waals surface area contributed by atoms with E-state index in [0.29, 0.717) is 10.6 Å². The van der Waals surface area contributed by atoms with Gasteiger partial charge in [-0.15, -0.1) is 0 Å². The summed E-state index contributed by atoms with van der Waals surface area (Å²) in [5.74, 6) is 0. The third kappa shape index (κ3) is 4.63. The summed E-state index contributed by atoms with van der Waals surface area (Å²) in [6, 6.07) is 3.95. The molecule has 15 heavy (non-hydrogen) atoms. The molecule has 0 N–H and O–H groups in total. The van der Waals surface area contributed by atoms with Crippen LogP contribution >= 0.6 is 11.6 Å². The van der Waals surface area contributed by atoms with E-state index in [1.165, 1.54) is 0 Å². The molecule has 0 aliphatic rings. The fourth-order valence-electron chi connectivity index (χ4n) is 1.69. The average Bonchev–Trinajstić information content (AvgIpc) is 2.05. The van der Waals surface area contributed by atoms with Crippen LogP contribution in [0.3, 0.4) is 0 Å². The monoisotopic (exact) mass is 226 g/mol. The maximum atomic E-state index is 6.00. The van der Waals surface area contributed by atoms with Crippen molar-refractivity contribution < 1.29 is 0 Å². The second kappa shape index (κ2) is 4.95. The molecule has 0 saturated heterocycles. The Labute approximate surface area is 97.3 Å². The van der Waals surface area contributed by atoms with Gasteiger partial charge in [0, 0.05) is 24.8 Å². The highest BCUT2D eigenvalue weighted by atomic mass is 35.5. The topological polar surface area (TPSA) is 16.1 Å². The van der Waals surface area contributed by atoms with Gasteiger partial charge in [-0.2, -0.15) is 0 Å². The molecule has 0 amide bonds. The van der Waals surface area contributed by atoms with Gasteiger partial charge in [-0.05, 0) is 18.5 Å². The van der Waals surface area contributed by atoms with Gasteiger partial charge in [0.25, 0.3) is 0 Å². The molecular formula is C12H19ClN2. The maximum Gasteiger partial charge on any atom is 0.133 e. The zero-order chi connectivity index (χ0) is 11.5. The van der Waals surface area contributed by atoms with E-state index in [1.807, 2.05) is 12.1 Å². The Bertz CT molecular complexity index is 318. The number of hydrogen-bond donors (Lipinski definition) is 0. The molecule has 0 saturated carbocycles. The van der Waals surface area contributed by atoms with Crippen molar-refractivity contribution in [3.63, 3.8) is 0 Å². The van der Waals surface area contributed by atoms with Gasteiger partial charge in [-0.3, -0.25) is 0 Å². The third-order valence-corrected chi connectivity index (χ3v) is 2.36. The number of nitrogens with zero attached hydrogens (tertiary/aromatic N) is 2. The van der Waals surface area contributed by atoms with E-state index in [0.717, 1.165) is 18.7 Å². The summed E-state index contributed by atoms with van der Waals surface area (Å²) < 4.78 is 0. The van der Waals surface area contributed by atoms with E-state index in [4.69, 9.17) is 11.6 Å². The van der Waals surface area contributed by atoms with Crippen molar-refractivity contribution in [1.82, 2.24) is 9.88 Å². The van der Waals surface area contributed by atoms with Crippen molar-refractivity contribution in [2.75, 3.05) is 13.6 Å². The second-order valence-corrected chi connectivity index (χ2v) is 5.54. The van der Waals surface area contributed by atoms with Gasteiger partial charge in [0.2, 0.25) is 0 Å². The molecule has 0 unspecified atom stereocenters. The predicted molar refractivity (Wildman–Crippen MR) is 65.0 cm³/mol. The lowest BCUT2D eigenvalue weighted by Crippen LogP contribution is -2.29. The normalized spacial score (nSPS) is 12.1. The first-order valence-electron chi connectivity index (χ1n) is 5.16. The van der Waals surface area contributed by atoms with E-state index in [1.54, 1.807) is 6.20 Å². The first-order valence-corrected chi connectivity index (χ1v) is 5.54. The predicted octanol–water partition coefficient (Wildman–Crippen LogP) is 3.21. The summed E-state index contributed by atoms with van der Waals surface area (Å²) >= 11 is 6.00. The summed E-state index contributed by atoms with van der Waals surface area (Å²) in [6.45, 7) is 8.58. The lowest BCUT2D eigenvalue weighted by Gasteiger charge is -2.26. The molecule has 0 fully saturated rings. The Morgan fingerprint density at radius 2 is 2.07 bits per heavy atom. The maximum absolute atomic E-state index is 6.00. The van der Waals surface area contributed by atoms with Crippen molar-refractivity contribution in [3.05, 3.63) is 29.0 Å². The highest BCUT2D eigenvalue weighted by Crippen LogP contribution is 2.18. The van der Waals surface area contributed by atoms with Crippen molar-refractivity contribution in [2.24, 2.45) is 5.41 Å². The fourth-order valence-corrected chi connectivity index (χ4v) is 1.87. The minimum absolute atomic E-state index is 0.309. The van der Waals surface area contributed by atoms with E-state index in [-0.39, 0.29) is 0 Å². The van der Waals surface area contributed by atoms with Gasteiger partial charge < -0.3 is 4.90 Å². The molecule has 1 aromatic rings. The van der Waals surface area contributed by atoms with Gasteiger partial charge in [0.05, 0.1) is 0 Å². The molecule has 84 valence electrons. The van der Waals surface area contributed by atoms with Gasteiger partial charge in [0.15, 0.2) is 0 Å². The lowest BCUT2D eigenvalue weighted by molar-refractivity contribution is 0.220. The molecule has 0 radical (unpaired) electrons. The van der Waals surface area contributed by atoms with E-state index < -0.39 is 0 Å². The van der Waals surface area contributed by atoms with E-state index >= 15 is 0 Å². The molecule has 3 heteroatoms. The minimum atomic E-state index is 0.309. The van der Waals surface area contributed by atoms with Crippen molar-refractivity contribution in [2.45, 2.75) is 27.3 Å². The number of pyridine rings is 1. The zero-order valence-corrected chi connectivity index (χ0v) is 10.7. The second-order valence-electron chi connectivity index (χ2n) is 5.19. The molecule has 1 rings (SSSR count). The Kier molecular flexibility index (Phi) is 4.12. The number of hydrogen-bond acceptors (Lipinski definition) is 2. The lowest BCUT2D eigenvalue weighted by atomic mass is 9.96. The van der Waals surface area contributed by atoms with Crippen LogP contribution < -0.4 is 0 Å². The minimum Gasteiger partial charge on any atom is -0.301 e. The average molecular weight is 227 g/mol. The first kappa shape index (κ1) is 12.5. The smallest absolute Gasteiger partial charge is 0.133 e. The number of halogens is 1. The molecule has 0 aliphatic heterocycles. The van der Waals surface area contributed by atoms with Gasteiger partial charge in [-0.25, -0.2) is 4.98 Å². The van der Waals surface area contributed by atoms with Crippen LogP contribution in [0.1, 0.15) is 26.3 Å². The third-order valence-electron chi connectivity index (χ3n) is 2.02. The van der Waals surface area contributed by atoms with Crippen molar-refractivity contribution in [1.29, 1.82) is 0 Å². The molecule has 0 aliphatic carbocycles. The standard InChI is InChI=1S/C12H19ClN2/c1-12(2,3)9-15(4)8-10-6-5-7-14-11(10)13/h5-7H,8-9H2,1-4H3. The summed E-state index contributed by atoms with van der Waals surface area (Å²) in [4.78, 5) is 6.33. The SMILES string of the molecule is CN(Cc1cccnc1Cl)CC(C)(C)C. The molecule has 1 heterocycles. The summed E-state index contributed by atoms with van der Waals surface area (Å²) in [6.07, 6.45) is 1.72. The van der Waals surface area contributed by atoms with Gasteiger partial charge in [0.1, 0.15) is 5.15 Å². The van der Waals surface area contributed by atoms with Crippen LogP contribution in [0.25, 0.3) is 0 Å². The summed E-state index contributed by atoms with van der Waals surface area (Å²) in [5.41, 5.74) is 1.40. The molecule has 0 bridgehead atoms. The van der Waals surface area contributed by atoms with Crippen LogP contribution in [0.15, 0.2) is 18.3 Å². The number of rotatable bonds is 3. The van der Waals surface area contributed by atoms with Crippen LogP contribution in [0, 0.1) is 5.41 Å².